The van der Waals surface area contributed by atoms with Gasteiger partial charge < -0.3 is 25.4 Å². The molecule has 0 saturated heterocycles. The zero-order chi connectivity index (χ0) is 25.5. The van der Waals surface area contributed by atoms with Crippen LogP contribution in [0.5, 0.6) is 0 Å². The van der Waals surface area contributed by atoms with Crippen LogP contribution in [0.25, 0.3) is 0 Å². The molecular weight excluding hydrogens is 454 g/mol. The highest BCUT2D eigenvalue weighted by molar-refractivity contribution is 5.91. The summed E-state index contributed by atoms with van der Waals surface area (Å²) in [5, 5.41) is 36.7. The molecule has 8 unspecified atom stereocenters. The first kappa shape index (κ1) is 25.1. The summed E-state index contributed by atoms with van der Waals surface area (Å²) in [5.41, 5.74) is 0.634. The molecule has 7 aliphatic rings. The van der Waals surface area contributed by atoms with Crippen molar-refractivity contribution in [2.75, 3.05) is 13.2 Å². The summed E-state index contributed by atoms with van der Waals surface area (Å²) in [4.78, 5) is 12.9. The molecule has 8 atom stereocenters. The fraction of sp³-hybridized carbons (Fsp3) is 0.833. The maximum Gasteiger partial charge on any atom is 0.335 e. The van der Waals surface area contributed by atoms with Crippen LogP contribution in [-0.2, 0) is 9.53 Å². The van der Waals surface area contributed by atoms with Gasteiger partial charge in [-0.05, 0) is 106 Å². The van der Waals surface area contributed by atoms with Crippen molar-refractivity contribution >= 4 is 5.97 Å². The first-order valence-electron chi connectivity index (χ1n) is 14.3. The first-order valence-corrected chi connectivity index (χ1v) is 14.3. The molecule has 0 aromatic heterocycles. The Balaban J connectivity index is 1.32. The van der Waals surface area contributed by atoms with Gasteiger partial charge in [-0.15, -0.1) is 0 Å². The second kappa shape index (κ2) is 8.39. The third kappa shape index (κ3) is 3.77. The lowest BCUT2D eigenvalue weighted by Crippen LogP contribution is -2.66. The molecular formula is C30H45NO5. The maximum absolute atomic E-state index is 12.9. The standard InChI is InChI=1S/C30H45NO5/c1-18-4-5-24-27(2,8-6-25(33)28(24,3)17-32)22(18)11-23(21-7-9-36-26(21)34)31-29-12-19-10-20(13-29)15-30(35,14-19)16-29/h7,19-20,22-25,31-33,35H,1,4-6,8-17H2,2-3H3. The minimum absolute atomic E-state index is 0.0166. The fourth-order valence-corrected chi connectivity index (χ4v) is 10.5. The van der Waals surface area contributed by atoms with E-state index in [-0.39, 0.29) is 41.4 Å². The van der Waals surface area contributed by atoms with E-state index in [1.54, 1.807) is 0 Å². The highest BCUT2D eigenvalue weighted by atomic mass is 16.5. The van der Waals surface area contributed by atoms with Crippen molar-refractivity contribution in [2.45, 2.75) is 108 Å². The normalized spacial score (nSPS) is 50.6. The zero-order valence-corrected chi connectivity index (χ0v) is 22.1. The lowest BCUT2D eigenvalue weighted by atomic mass is 9.46. The number of hydrogen-bond donors (Lipinski definition) is 4. The zero-order valence-electron chi connectivity index (χ0n) is 22.1. The van der Waals surface area contributed by atoms with E-state index in [4.69, 9.17) is 4.74 Å². The Morgan fingerprint density at radius 3 is 2.53 bits per heavy atom. The van der Waals surface area contributed by atoms with Gasteiger partial charge >= 0.3 is 5.97 Å². The molecule has 0 aromatic carbocycles. The number of aliphatic hydroxyl groups excluding tert-OH is 2. The maximum atomic E-state index is 12.9. The van der Waals surface area contributed by atoms with Gasteiger partial charge in [0.2, 0.25) is 0 Å². The highest BCUT2D eigenvalue weighted by Gasteiger charge is 2.60. The highest BCUT2D eigenvalue weighted by Crippen LogP contribution is 2.62. The number of ether oxygens (including phenoxy) is 1. The van der Waals surface area contributed by atoms with Crippen LogP contribution >= 0.6 is 0 Å². The van der Waals surface area contributed by atoms with Crippen LogP contribution in [0.15, 0.2) is 23.8 Å². The summed E-state index contributed by atoms with van der Waals surface area (Å²) >= 11 is 0. The van der Waals surface area contributed by atoms with Crippen LogP contribution in [0, 0.1) is 34.5 Å². The Hall–Kier alpha value is -1.21. The number of carbonyl (C=O) groups excluding carboxylic acids is 1. The van der Waals surface area contributed by atoms with Gasteiger partial charge in [0.05, 0.1) is 23.9 Å². The van der Waals surface area contributed by atoms with E-state index in [2.05, 4.69) is 18.8 Å². The Labute approximate surface area is 215 Å². The van der Waals surface area contributed by atoms with Crippen LogP contribution in [0.4, 0.5) is 0 Å². The fourth-order valence-electron chi connectivity index (χ4n) is 10.5. The minimum Gasteiger partial charge on any atom is -0.458 e. The van der Waals surface area contributed by atoms with Crippen LogP contribution in [0.3, 0.4) is 0 Å². The summed E-state index contributed by atoms with van der Waals surface area (Å²) < 4.78 is 5.39. The predicted octanol–water partition coefficient (Wildman–Crippen LogP) is 3.64. The molecule has 36 heavy (non-hydrogen) atoms. The third-order valence-corrected chi connectivity index (χ3v) is 11.8. The van der Waals surface area contributed by atoms with Gasteiger partial charge in [-0.25, -0.2) is 4.79 Å². The lowest BCUT2D eigenvalue weighted by molar-refractivity contribution is -0.155. The number of fused-ring (bicyclic) bond motifs is 1. The van der Waals surface area contributed by atoms with E-state index in [9.17, 15) is 20.1 Å². The smallest absolute Gasteiger partial charge is 0.335 e. The van der Waals surface area contributed by atoms with Crippen LogP contribution in [0.2, 0.25) is 0 Å². The Kier molecular flexibility index (Phi) is 5.85. The molecule has 6 heteroatoms. The Bertz CT molecular complexity index is 960. The van der Waals surface area contributed by atoms with Gasteiger partial charge in [0.1, 0.15) is 6.61 Å². The van der Waals surface area contributed by atoms with Crippen molar-refractivity contribution in [3.63, 3.8) is 0 Å². The lowest BCUT2D eigenvalue weighted by Gasteiger charge is -2.62. The average Bonchev–Trinajstić information content (AvgIpc) is 3.22. The van der Waals surface area contributed by atoms with Crippen LogP contribution in [0.1, 0.15) is 84.5 Å². The van der Waals surface area contributed by atoms with Gasteiger partial charge in [-0.1, -0.05) is 26.0 Å². The Morgan fingerprint density at radius 2 is 1.92 bits per heavy atom. The summed E-state index contributed by atoms with van der Waals surface area (Å²) in [5.74, 6) is 1.27. The van der Waals surface area contributed by atoms with Gasteiger partial charge in [0.25, 0.3) is 0 Å². The van der Waals surface area contributed by atoms with E-state index < -0.39 is 17.1 Å². The summed E-state index contributed by atoms with van der Waals surface area (Å²) in [6, 6.07) is -0.149. The number of cyclic esters (lactones) is 1. The minimum atomic E-state index is -0.569. The second-order valence-corrected chi connectivity index (χ2v) is 14.2. The molecule has 1 aliphatic heterocycles. The molecule has 4 N–H and O–H groups in total. The topological polar surface area (TPSA) is 99.0 Å². The number of esters is 1. The molecule has 7 rings (SSSR count). The number of nitrogens with one attached hydrogen (secondary N) is 1. The molecule has 0 amide bonds. The molecule has 6 fully saturated rings. The van der Waals surface area contributed by atoms with Gasteiger partial charge in [0.15, 0.2) is 0 Å². The summed E-state index contributed by atoms with van der Waals surface area (Å²) in [6.45, 7) is 9.22. The predicted molar refractivity (Wildman–Crippen MR) is 137 cm³/mol. The van der Waals surface area contributed by atoms with E-state index >= 15 is 0 Å². The van der Waals surface area contributed by atoms with E-state index in [0.717, 1.165) is 63.4 Å². The molecule has 0 aromatic rings. The molecule has 6 saturated carbocycles. The number of carbonyl (C=O) groups is 1. The van der Waals surface area contributed by atoms with Gasteiger partial charge in [-0.3, -0.25) is 0 Å². The van der Waals surface area contributed by atoms with Crippen LogP contribution in [-0.4, -0.2) is 57.8 Å². The molecule has 4 bridgehead atoms. The Morgan fingerprint density at radius 1 is 1.19 bits per heavy atom. The van der Waals surface area contributed by atoms with Crippen molar-refractivity contribution in [2.24, 2.45) is 34.5 Å². The van der Waals surface area contributed by atoms with Crippen molar-refractivity contribution in [1.29, 1.82) is 0 Å². The SMILES string of the molecule is C=C1CCC2C(C)(CO)C(O)CCC2(C)C1CC(NC12CC3CC(CC(O)(C3)C1)C2)C1=CCOC1=O. The molecule has 1 heterocycles. The number of allylic oxidation sites excluding steroid dienone is 1. The monoisotopic (exact) mass is 499 g/mol. The van der Waals surface area contributed by atoms with Crippen molar-refractivity contribution in [3.05, 3.63) is 23.8 Å². The quantitative estimate of drug-likeness (QED) is 0.329. The summed E-state index contributed by atoms with van der Waals surface area (Å²) in [6.07, 6.45) is 11.6. The van der Waals surface area contributed by atoms with E-state index in [1.165, 1.54) is 12.0 Å². The number of rotatable bonds is 6. The molecule has 6 aliphatic carbocycles. The number of aliphatic hydroxyl groups is 3. The molecule has 6 nitrogen and oxygen atoms in total. The van der Waals surface area contributed by atoms with Crippen molar-refractivity contribution in [3.8, 4) is 0 Å². The van der Waals surface area contributed by atoms with Gasteiger partial charge in [-0.2, -0.15) is 0 Å². The van der Waals surface area contributed by atoms with Crippen molar-refractivity contribution < 1.29 is 24.9 Å². The van der Waals surface area contributed by atoms with E-state index in [1.807, 2.05) is 13.0 Å². The van der Waals surface area contributed by atoms with Crippen molar-refractivity contribution in [1.82, 2.24) is 5.32 Å². The summed E-state index contributed by atoms with van der Waals surface area (Å²) in [7, 11) is 0. The second-order valence-electron chi connectivity index (χ2n) is 14.2. The third-order valence-electron chi connectivity index (χ3n) is 11.8. The molecule has 200 valence electrons. The number of hydrogen-bond acceptors (Lipinski definition) is 6. The van der Waals surface area contributed by atoms with Crippen LogP contribution < -0.4 is 5.32 Å². The average molecular weight is 500 g/mol. The first-order chi connectivity index (χ1) is 17.0. The largest absolute Gasteiger partial charge is 0.458 e. The molecule has 0 radical (unpaired) electrons. The van der Waals surface area contributed by atoms with E-state index in [0.29, 0.717) is 24.9 Å². The molecule has 0 spiro atoms. The van der Waals surface area contributed by atoms with Gasteiger partial charge in [0, 0.05) is 17.0 Å².